The molecule has 7 nitrogen and oxygen atoms in total. The van der Waals surface area contributed by atoms with Gasteiger partial charge in [-0.3, -0.25) is 14.8 Å². The van der Waals surface area contributed by atoms with Crippen LogP contribution in [0.3, 0.4) is 0 Å². The molecule has 0 atom stereocenters. The fourth-order valence-corrected chi connectivity index (χ4v) is 1.22. The van der Waals surface area contributed by atoms with E-state index in [-0.39, 0.29) is 18.7 Å². The fourth-order valence-electron chi connectivity index (χ4n) is 1.22. The van der Waals surface area contributed by atoms with Crippen LogP contribution in [0.25, 0.3) is 0 Å². The molecule has 0 saturated heterocycles. The summed E-state index contributed by atoms with van der Waals surface area (Å²) in [6.07, 6.45) is 4.46. The van der Waals surface area contributed by atoms with Crippen molar-refractivity contribution in [3.8, 4) is 0 Å². The van der Waals surface area contributed by atoms with E-state index in [1.807, 2.05) is 0 Å². The lowest BCUT2D eigenvalue weighted by atomic mass is 10.2. The van der Waals surface area contributed by atoms with E-state index in [0.29, 0.717) is 18.6 Å². The second kappa shape index (κ2) is 8.02. The molecule has 98 valence electrons. The molecule has 7 heteroatoms. The number of nitrogens with one attached hydrogen (secondary N) is 2. The van der Waals surface area contributed by atoms with Gasteiger partial charge in [0.25, 0.3) is 0 Å². The zero-order chi connectivity index (χ0) is 13.2. The Balaban J connectivity index is 2.09. The van der Waals surface area contributed by atoms with Crippen molar-refractivity contribution >= 4 is 18.0 Å². The molecule has 0 fully saturated rings. The number of hydrogen-bond acceptors (Lipinski definition) is 5. The SMILES string of the molecule is O=C(CCCCC(=O)N/N=C/c1ccco1)NO. The van der Waals surface area contributed by atoms with Crippen molar-refractivity contribution in [2.75, 3.05) is 0 Å². The summed E-state index contributed by atoms with van der Waals surface area (Å²) in [5, 5.41) is 11.9. The van der Waals surface area contributed by atoms with Gasteiger partial charge >= 0.3 is 0 Å². The van der Waals surface area contributed by atoms with E-state index in [1.165, 1.54) is 18.0 Å². The molecule has 3 N–H and O–H groups in total. The maximum absolute atomic E-state index is 11.3. The van der Waals surface area contributed by atoms with Crippen molar-refractivity contribution in [2.45, 2.75) is 25.7 Å². The van der Waals surface area contributed by atoms with E-state index < -0.39 is 5.91 Å². The van der Waals surface area contributed by atoms with Gasteiger partial charge in [-0.2, -0.15) is 5.10 Å². The first-order chi connectivity index (χ1) is 8.72. The summed E-state index contributed by atoms with van der Waals surface area (Å²) in [5.41, 5.74) is 3.87. The lowest BCUT2D eigenvalue weighted by Gasteiger charge is -1.99. The van der Waals surface area contributed by atoms with Crippen molar-refractivity contribution in [1.29, 1.82) is 0 Å². The molecule has 1 rings (SSSR count). The molecular formula is C11H15N3O4. The molecule has 0 aliphatic heterocycles. The smallest absolute Gasteiger partial charge is 0.243 e. The molecular weight excluding hydrogens is 238 g/mol. The van der Waals surface area contributed by atoms with E-state index in [4.69, 9.17) is 9.62 Å². The molecule has 2 amide bonds. The van der Waals surface area contributed by atoms with Gasteiger partial charge in [0.1, 0.15) is 5.76 Å². The summed E-state index contributed by atoms with van der Waals surface area (Å²) >= 11 is 0. The summed E-state index contributed by atoms with van der Waals surface area (Å²) in [4.78, 5) is 21.9. The van der Waals surface area contributed by atoms with Crippen LogP contribution in [0, 0.1) is 0 Å². The third-order valence-corrected chi connectivity index (χ3v) is 2.11. The van der Waals surface area contributed by atoms with Crippen molar-refractivity contribution in [3.05, 3.63) is 24.2 Å². The first-order valence-corrected chi connectivity index (χ1v) is 5.50. The number of carbonyl (C=O) groups is 2. The number of unbranched alkanes of at least 4 members (excludes halogenated alkanes) is 1. The van der Waals surface area contributed by atoms with Gasteiger partial charge in [0.2, 0.25) is 11.8 Å². The number of hydrogen-bond donors (Lipinski definition) is 3. The largest absolute Gasteiger partial charge is 0.463 e. The Morgan fingerprint density at radius 2 is 2.06 bits per heavy atom. The molecule has 0 unspecified atom stereocenters. The molecule has 0 saturated carbocycles. The summed E-state index contributed by atoms with van der Waals surface area (Å²) < 4.78 is 4.98. The van der Waals surface area contributed by atoms with Crippen LogP contribution in [0.1, 0.15) is 31.4 Å². The summed E-state index contributed by atoms with van der Waals surface area (Å²) in [7, 11) is 0. The number of amides is 2. The highest BCUT2D eigenvalue weighted by atomic mass is 16.5. The number of carbonyl (C=O) groups excluding carboxylic acids is 2. The molecule has 18 heavy (non-hydrogen) atoms. The number of hydroxylamine groups is 1. The highest BCUT2D eigenvalue weighted by Crippen LogP contribution is 1.99. The van der Waals surface area contributed by atoms with E-state index in [9.17, 15) is 9.59 Å². The molecule has 0 aromatic carbocycles. The van der Waals surface area contributed by atoms with E-state index in [2.05, 4.69) is 10.5 Å². The second-order valence-electron chi connectivity index (χ2n) is 3.55. The highest BCUT2D eigenvalue weighted by molar-refractivity contribution is 5.80. The number of rotatable bonds is 7. The van der Waals surface area contributed by atoms with Gasteiger partial charge in [0.05, 0.1) is 12.5 Å². The third kappa shape index (κ3) is 5.80. The van der Waals surface area contributed by atoms with Crippen LogP contribution in [0.15, 0.2) is 27.9 Å². The fraction of sp³-hybridized carbons (Fsp3) is 0.364. The van der Waals surface area contributed by atoms with Gasteiger partial charge in [0.15, 0.2) is 0 Å². The van der Waals surface area contributed by atoms with Gasteiger partial charge in [0, 0.05) is 12.8 Å². The van der Waals surface area contributed by atoms with Crippen LogP contribution in [0.2, 0.25) is 0 Å². The molecule has 1 aromatic rings. The topological polar surface area (TPSA) is 104 Å². The van der Waals surface area contributed by atoms with Crippen LogP contribution in [-0.4, -0.2) is 23.2 Å². The average molecular weight is 253 g/mol. The quantitative estimate of drug-likeness (QED) is 0.289. The molecule has 1 aromatic heterocycles. The predicted molar refractivity (Wildman–Crippen MR) is 62.8 cm³/mol. The number of hydrazone groups is 1. The number of nitrogens with zero attached hydrogens (tertiary/aromatic N) is 1. The molecule has 0 aliphatic rings. The van der Waals surface area contributed by atoms with Crippen molar-refractivity contribution < 1.29 is 19.2 Å². The molecule has 0 bridgehead atoms. The normalized spacial score (nSPS) is 10.5. The predicted octanol–water partition coefficient (Wildman–Crippen LogP) is 0.795. The van der Waals surface area contributed by atoms with Crippen LogP contribution >= 0.6 is 0 Å². The van der Waals surface area contributed by atoms with Gasteiger partial charge in [-0.1, -0.05) is 0 Å². The van der Waals surface area contributed by atoms with Gasteiger partial charge in [-0.15, -0.1) is 0 Å². The summed E-state index contributed by atoms with van der Waals surface area (Å²) in [6, 6.07) is 3.43. The third-order valence-electron chi connectivity index (χ3n) is 2.11. The van der Waals surface area contributed by atoms with Crippen LogP contribution in [0.4, 0.5) is 0 Å². The average Bonchev–Trinajstić information content (AvgIpc) is 2.87. The summed E-state index contributed by atoms with van der Waals surface area (Å²) in [6.45, 7) is 0. The lowest BCUT2D eigenvalue weighted by Crippen LogP contribution is -2.19. The van der Waals surface area contributed by atoms with Gasteiger partial charge < -0.3 is 4.42 Å². The van der Waals surface area contributed by atoms with E-state index >= 15 is 0 Å². The Bertz CT molecular complexity index is 400. The molecule has 0 aliphatic carbocycles. The maximum Gasteiger partial charge on any atom is 0.243 e. The van der Waals surface area contributed by atoms with Crippen molar-refractivity contribution in [3.63, 3.8) is 0 Å². The van der Waals surface area contributed by atoms with Crippen LogP contribution < -0.4 is 10.9 Å². The minimum Gasteiger partial charge on any atom is -0.463 e. The first kappa shape index (κ1) is 13.9. The minimum absolute atomic E-state index is 0.194. The van der Waals surface area contributed by atoms with Crippen molar-refractivity contribution in [2.24, 2.45) is 5.10 Å². The second-order valence-corrected chi connectivity index (χ2v) is 3.55. The molecule has 1 heterocycles. The van der Waals surface area contributed by atoms with Crippen LogP contribution in [-0.2, 0) is 9.59 Å². The first-order valence-electron chi connectivity index (χ1n) is 5.50. The minimum atomic E-state index is -0.453. The lowest BCUT2D eigenvalue weighted by molar-refractivity contribution is -0.129. The maximum atomic E-state index is 11.3. The van der Waals surface area contributed by atoms with E-state index in [1.54, 1.807) is 12.1 Å². The highest BCUT2D eigenvalue weighted by Gasteiger charge is 2.02. The Morgan fingerprint density at radius 1 is 1.33 bits per heavy atom. The molecule has 0 spiro atoms. The van der Waals surface area contributed by atoms with E-state index in [0.717, 1.165) is 0 Å². The molecule has 0 radical (unpaired) electrons. The zero-order valence-corrected chi connectivity index (χ0v) is 9.76. The Labute approximate surface area is 104 Å². The van der Waals surface area contributed by atoms with Gasteiger partial charge in [-0.25, -0.2) is 10.9 Å². The monoisotopic (exact) mass is 253 g/mol. The van der Waals surface area contributed by atoms with Gasteiger partial charge in [-0.05, 0) is 25.0 Å². The summed E-state index contributed by atoms with van der Waals surface area (Å²) in [5.74, 6) is -0.136. The Kier molecular flexibility index (Phi) is 6.20. The standard InChI is InChI=1S/C11H15N3O4/c15-10(5-1-2-6-11(16)14-17)13-12-8-9-4-3-7-18-9/h3-4,7-8,17H,1-2,5-6H2,(H,13,15)(H,14,16)/b12-8+. The van der Waals surface area contributed by atoms with Crippen LogP contribution in [0.5, 0.6) is 0 Å². The zero-order valence-electron chi connectivity index (χ0n) is 9.76. The number of furan rings is 1. The Morgan fingerprint density at radius 3 is 2.67 bits per heavy atom. The van der Waals surface area contributed by atoms with Crippen molar-refractivity contribution in [1.82, 2.24) is 10.9 Å². The Hall–Kier alpha value is -2.15.